The Bertz CT molecular complexity index is 904. The number of amides is 2. The van der Waals surface area contributed by atoms with Crippen molar-refractivity contribution >= 4 is 39.5 Å². The first kappa shape index (κ1) is 16.7. The molecule has 0 radical (unpaired) electrons. The van der Waals surface area contributed by atoms with E-state index < -0.39 is 11.8 Å². The number of anilines is 1. The number of nitrogens with one attached hydrogen (secondary N) is 1. The van der Waals surface area contributed by atoms with Crippen LogP contribution in [0.25, 0.3) is 6.08 Å². The molecule has 2 amide bonds. The Morgan fingerprint density at radius 1 is 1.20 bits per heavy atom. The van der Waals surface area contributed by atoms with E-state index >= 15 is 0 Å². The van der Waals surface area contributed by atoms with Gasteiger partial charge in [0.05, 0.1) is 5.69 Å². The van der Waals surface area contributed by atoms with Crippen LogP contribution in [0.1, 0.15) is 5.56 Å². The number of carbonyl (C=O) groups is 2. The van der Waals surface area contributed by atoms with Gasteiger partial charge in [0.2, 0.25) is 0 Å². The van der Waals surface area contributed by atoms with Crippen molar-refractivity contribution in [3.05, 3.63) is 64.1 Å². The number of hydrogen-bond acceptors (Lipinski definition) is 4. The van der Waals surface area contributed by atoms with Crippen LogP contribution in [0.4, 0.5) is 5.69 Å². The van der Waals surface area contributed by atoms with Crippen LogP contribution in [0.3, 0.4) is 0 Å². The zero-order valence-electron chi connectivity index (χ0n) is 12.9. The molecule has 2 aromatic carbocycles. The predicted octanol–water partition coefficient (Wildman–Crippen LogP) is 2.81. The van der Waals surface area contributed by atoms with E-state index in [1.165, 1.54) is 11.1 Å². The highest BCUT2D eigenvalue weighted by molar-refractivity contribution is 9.10. The topological polar surface area (TPSA) is 82.4 Å². The van der Waals surface area contributed by atoms with E-state index in [2.05, 4.69) is 21.4 Å². The van der Waals surface area contributed by atoms with Gasteiger partial charge in [0, 0.05) is 10.0 Å². The molecule has 0 unspecified atom stereocenters. The summed E-state index contributed by atoms with van der Waals surface area (Å²) in [7, 11) is 0. The summed E-state index contributed by atoms with van der Waals surface area (Å²) < 4.78 is 6.11. The fourth-order valence-electron chi connectivity index (χ4n) is 2.35. The van der Waals surface area contributed by atoms with E-state index in [0.717, 1.165) is 4.47 Å². The molecular weight excluding hydrogens is 386 g/mol. The molecular formula is C18H12BrN3O3. The number of benzene rings is 2. The molecule has 0 aromatic heterocycles. The molecule has 1 N–H and O–H groups in total. The van der Waals surface area contributed by atoms with Crippen LogP contribution in [0.2, 0.25) is 0 Å². The zero-order chi connectivity index (χ0) is 17.8. The van der Waals surface area contributed by atoms with Crippen LogP contribution in [0.5, 0.6) is 5.75 Å². The van der Waals surface area contributed by atoms with Crippen LogP contribution < -0.4 is 15.2 Å². The lowest BCUT2D eigenvalue weighted by Gasteiger charge is -2.13. The number of halogens is 1. The summed E-state index contributed by atoms with van der Waals surface area (Å²) in [5, 5.41) is 9.87. The Kier molecular flexibility index (Phi) is 4.82. The largest absolute Gasteiger partial charge is 0.478 e. The highest BCUT2D eigenvalue weighted by Gasteiger charge is 2.34. The SMILES string of the molecule is N#CCOc1ccc(Br)cc1C=C1C(=O)NN(c2ccccc2)C1=O. The van der Waals surface area contributed by atoms with Gasteiger partial charge in [0.25, 0.3) is 11.8 Å². The Labute approximate surface area is 152 Å². The van der Waals surface area contributed by atoms with Crippen LogP contribution in [0, 0.1) is 11.3 Å². The first-order chi connectivity index (χ1) is 12.1. The van der Waals surface area contributed by atoms with Crippen LogP contribution >= 0.6 is 15.9 Å². The Hall–Kier alpha value is -3.11. The van der Waals surface area contributed by atoms with Crippen LogP contribution in [-0.2, 0) is 9.59 Å². The fraction of sp³-hybridized carbons (Fsp3) is 0.0556. The molecule has 1 aliphatic rings. The minimum absolute atomic E-state index is 0.0104. The van der Waals surface area contributed by atoms with Crippen molar-refractivity contribution in [1.29, 1.82) is 5.26 Å². The third kappa shape index (κ3) is 3.54. The molecule has 6 nitrogen and oxygen atoms in total. The molecule has 1 heterocycles. The quantitative estimate of drug-likeness (QED) is 0.634. The van der Waals surface area contributed by atoms with Crippen molar-refractivity contribution < 1.29 is 14.3 Å². The molecule has 1 fully saturated rings. The third-order valence-corrected chi connectivity index (χ3v) is 3.96. The third-order valence-electron chi connectivity index (χ3n) is 3.47. The van der Waals surface area contributed by atoms with Crippen molar-refractivity contribution in [1.82, 2.24) is 5.43 Å². The normalized spacial score (nSPS) is 15.2. The van der Waals surface area contributed by atoms with E-state index in [-0.39, 0.29) is 12.2 Å². The molecule has 1 aliphatic heterocycles. The standard InChI is InChI=1S/C18H12BrN3O3/c19-13-6-7-16(25-9-8-20)12(10-13)11-15-17(23)21-22(18(15)24)14-4-2-1-3-5-14/h1-7,10-11H,9H2,(H,21,23). The second kappa shape index (κ2) is 7.20. The highest BCUT2D eigenvalue weighted by atomic mass is 79.9. The molecule has 124 valence electrons. The average molecular weight is 398 g/mol. The van der Waals surface area contributed by atoms with E-state index in [1.54, 1.807) is 42.5 Å². The molecule has 3 rings (SSSR count). The second-order valence-electron chi connectivity index (χ2n) is 5.10. The summed E-state index contributed by atoms with van der Waals surface area (Å²) in [4.78, 5) is 24.8. The monoisotopic (exact) mass is 397 g/mol. The van der Waals surface area contributed by atoms with Crippen molar-refractivity contribution in [2.24, 2.45) is 0 Å². The van der Waals surface area contributed by atoms with Gasteiger partial charge in [-0.1, -0.05) is 34.1 Å². The number of hydrazine groups is 1. The lowest BCUT2D eigenvalue weighted by Crippen LogP contribution is -2.35. The minimum Gasteiger partial charge on any atom is -0.478 e. The lowest BCUT2D eigenvalue weighted by atomic mass is 10.1. The van der Waals surface area contributed by atoms with Crippen molar-refractivity contribution in [2.45, 2.75) is 0 Å². The average Bonchev–Trinajstić information content (AvgIpc) is 2.90. The van der Waals surface area contributed by atoms with Gasteiger partial charge >= 0.3 is 0 Å². The molecule has 2 aromatic rings. The van der Waals surface area contributed by atoms with Crippen molar-refractivity contribution in [3.63, 3.8) is 0 Å². The van der Waals surface area contributed by atoms with Crippen molar-refractivity contribution in [3.8, 4) is 11.8 Å². The van der Waals surface area contributed by atoms with E-state index in [0.29, 0.717) is 17.0 Å². The first-order valence-corrected chi connectivity index (χ1v) is 8.11. The summed E-state index contributed by atoms with van der Waals surface area (Å²) in [5.74, 6) is -0.543. The predicted molar refractivity (Wildman–Crippen MR) is 95.3 cm³/mol. The Balaban J connectivity index is 1.96. The molecule has 0 atom stereocenters. The maximum absolute atomic E-state index is 12.6. The molecule has 25 heavy (non-hydrogen) atoms. The maximum atomic E-state index is 12.6. The maximum Gasteiger partial charge on any atom is 0.282 e. The van der Waals surface area contributed by atoms with Crippen molar-refractivity contribution in [2.75, 3.05) is 11.6 Å². The van der Waals surface area contributed by atoms with Crippen LogP contribution in [0.15, 0.2) is 58.6 Å². The smallest absolute Gasteiger partial charge is 0.282 e. The molecule has 1 saturated heterocycles. The molecule has 0 spiro atoms. The summed E-state index contributed by atoms with van der Waals surface area (Å²) in [5.41, 5.74) is 3.62. The van der Waals surface area contributed by atoms with E-state index in [4.69, 9.17) is 10.00 Å². The summed E-state index contributed by atoms with van der Waals surface area (Å²) in [6.45, 7) is -0.131. The summed E-state index contributed by atoms with van der Waals surface area (Å²) in [6, 6.07) is 15.8. The van der Waals surface area contributed by atoms with Crippen LogP contribution in [-0.4, -0.2) is 18.4 Å². The number of rotatable bonds is 4. The molecule has 0 aliphatic carbocycles. The fourth-order valence-corrected chi connectivity index (χ4v) is 2.72. The minimum atomic E-state index is -0.500. The van der Waals surface area contributed by atoms with Gasteiger partial charge in [-0.05, 0) is 36.4 Å². The zero-order valence-corrected chi connectivity index (χ0v) is 14.5. The van der Waals surface area contributed by atoms with Gasteiger partial charge in [0.15, 0.2) is 6.61 Å². The summed E-state index contributed by atoms with van der Waals surface area (Å²) >= 11 is 3.35. The van der Waals surface area contributed by atoms with E-state index in [9.17, 15) is 9.59 Å². The van der Waals surface area contributed by atoms with Gasteiger partial charge in [0.1, 0.15) is 17.4 Å². The highest BCUT2D eigenvalue weighted by Crippen LogP contribution is 2.28. The Morgan fingerprint density at radius 3 is 2.68 bits per heavy atom. The van der Waals surface area contributed by atoms with E-state index in [1.807, 2.05) is 12.1 Å². The lowest BCUT2D eigenvalue weighted by molar-refractivity contribution is -0.117. The second-order valence-corrected chi connectivity index (χ2v) is 6.02. The first-order valence-electron chi connectivity index (χ1n) is 7.31. The number of carbonyl (C=O) groups excluding carboxylic acids is 2. The van der Waals surface area contributed by atoms with Gasteiger partial charge < -0.3 is 4.74 Å². The molecule has 0 bridgehead atoms. The molecule has 7 heteroatoms. The number of hydrogen-bond donors (Lipinski definition) is 1. The van der Waals surface area contributed by atoms with Gasteiger partial charge in [-0.2, -0.15) is 5.26 Å². The number of nitrogens with zero attached hydrogens (tertiary/aromatic N) is 2. The van der Waals surface area contributed by atoms with Gasteiger partial charge in [-0.3, -0.25) is 15.0 Å². The Morgan fingerprint density at radius 2 is 1.96 bits per heavy atom. The van der Waals surface area contributed by atoms with Gasteiger partial charge in [-0.25, -0.2) is 5.01 Å². The molecule has 0 saturated carbocycles. The number of nitriles is 1. The number of ether oxygens (including phenoxy) is 1. The number of para-hydroxylation sites is 1. The van der Waals surface area contributed by atoms with Gasteiger partial charge in [-0.15, -0.1) is 0 Å². The summed E-state index contributed by atoms with van der Waals surface area (Å²) in [6.07, 6.45) is 1.46.